The van der Waals surface area contributed by atoms with Crippen molar-refractivity contribution in [1.29, 1.82) is 0 Å². The molecule has 3 aliphatic carbocycles. The van der Waals surface area contributed by atoms with E-state index in [0.717, 1.165) is 102 Å². The predicted molar refractivity (Wildman–Crippen MR) is 278 cm³/mol. The summed E-state index contributed by atoms with van der Waals surface area (Å²) in [5.74, 6) is 1.21. The van der Waals surface area contributed by atoms with Gasteiger partial charge in [-0.3, -0.25) is 29.3 Å². The predicted octanol–water partition coefficient (Wildman–Crippen LogP) is 7.08. The topological polar surface area (TPSA) is 169 Å². The van der Waals surface area contributed by atoms with E-state index >= 15 is 9.59 Å². The SMILES string of the molecule is CC(C)n1cnc2cc(-c3ccc4c(c3)N([C@H]3C[C@@H](N5CCCCC5)C3)C(=O)C43CCN(C(=O)C45CCC(C)(C4)N(C(=O)C4CCN(c6ccc(C7CCC(=O)NC7=O)cn6)CC4)C5)CC3)nc(NC3CC3)c21. The van der Waals surface area contributed by atoms with Crippen molar-refractivity contribution in [2.45, 2.75) is 165 Å². The second-order valence-electron chi connectivity index (χ2n) is 24.1. The fraction of sp³-hybridized carbons (Fsp3) is 0.614. The Balaban J connectivity index is 0.706. The molecule has 9 aliphatic rings. The number of rotatable bonds is 10. The summed E-state index contributed by atoms with van der Waals surface area (Å²) in [7, 11) is 0. The van der Waals surface area contributed by atoms with Crippen molar-refractivity contribution < 1.29 is 24.0 Å². The normalized spacial score (nSPS) is 29.4. The van der Waals surface area contributed by atoms with Gasteiger partial charge in [-0.2, -0.15) is 0 Å². The van der Waals surface area contributed by atoms with E-state index in [1.807, 2.05) is 23.4 Å². The molecule has 16 heteroatoms. The zero-order valence-corrected chi connectivity index (χ0v) is 42.9. The molecule has 5 amide bonds. The fourth-order valence-electron chi connectivity index (χ4n) is 14.7. The Morgan fingerprint density at radius 1 is 0.836 bits per heavy atom. The number of benzene rings is 1. The summed E-state index contributed by atoms with van der Waals surface area (Å²) in [6.45, 7) is 11.7. The van der Waals surface area contributed by atoms with Crippen molar-refractivity contribution in [3.8, 4) is 11.3 Å². The zero-order valence-electron chi connectivity index (χ0n) is 42.9. The molecule has 73 heavy (non-hydrogen) atoms. The molecule has 8 fully saturated rings. The molecule has 16 nitrogen and oxygen atoms in total. The van der Waals surface area contributed by atoms with E-state index in [2.05, 4.69) is 79.8 Å². The van der Waals surface area contributed by atoms with Crippen molar-refractivity contribution in [3.05, 3.63) is 60.0 Å². The van der Waals surface area contributed by atoms with Crippen molar-refractivity contribution in [3.63, 3.8) is 0 Å². The van der Waals surface area contributed by atoms with Gasteiger partial charge in [-0.1, -0.05) is 24.6 Å². The highest BCUT2D eigenvalue weighted by Crippen LogP contribution is 2.57. The smallest absolute Gasteiger partial charge is 0.238 e. The highest BCUT2D eigenvalue weighted by atomic mass is 16.2. The van der Waals surface area contributed by atoms with Crippen LogP contribution in [0.25, 0.3) is 22.3 Å². The number of aromatic nitrogens is 4. The van der Waals surface area contributed by atoms with E-state index in [1.165, 1.54) is 19.3 Å². The second-order valence-corrected chi connectivity index (χ2v) is 24.1. The first-order chi connectivity index (χ1) is 35.3. The van der Waals surface area contributed by atoms with Crippen LogP contribution >= 0.6 is 0 Å². The molecular formula is C57H71N11O5. The third-order valence-electron chi connectivity index (χ3n) is 19.3. The molecule has 3 unspecified atom stereocenters. The lowest BCUT2D eigenvalue weighted by molar-refractivity contribution is -0.148. The Hall–Kier alpha value is -5.90. The second kappa shape index (κ2) is 17.6. The molecule has 13 rings (SSSR count). The Morgan fingerprint density at radius 3 is 2.33 bits per heavy atom. The van der Waals surface area contributed by atoms with Gasteiger partial charge in [0.25, 0.3) is 0 Å². The molecule has 2 N–H and O–H groups in total. The monoisotopic (exact) mass is 990 g/mol. The van der Waals surface area contributed by atoms with Crippen LogP contribution in [0.4, 0.5) is 17.3 Å². The summed E-state index contributed by atoms with van der Waals surface area (Å²) < 4.78 is 2.20. The lowest BCUT2D eigenvalue weighted by Crippen LogP contribution is -2.59. The van der Waals surface area contributed by atoms with Crippen molar-refractivity contribution in [1.82, 2.24) is 39.5 Å². The Bertz CT molecular complexity index is 2890. The average molecular weight is 990 g/mol. The van der Waals surface area contributed by atoms with Crippen LogP contribution in [0.5, 0.6) is 0 Å². The number of pyridine rings is 2. The summed E-state index contributed by atoms with van der Waals surface area (Å²) in [6.07, 6.45) is 17.4. The maximum atomic E-state index is 15.4. The summed E-state index contributed by atoms with van der Waals surface area (Å²) in [5.41, 5.74) is 5.02. The number of imidazole rings is 1. The van der Waals surface area contributed by atoms with Gasteiger partial charge in [0.05, 0.1) is 34.3 Å². The van der Waals surface area contributed by atoms with E-state index in [9.17, 15) is 14.4 Å². The van der Waals surface area contributed by atoms with Crippen LogP contribution in [0, 0.1) is 11.3 Å². The lowest BCUT2D eigenvalue weighted by Gasteiger charge is -2.48. The number of anilines is 3. The average Bonchev–Trinajstić information content (AvgIpc) is 3.75. The zero-order chi connectivity index (χ0) is 50.0. The number of likely N-dealkylation sites (tertiary alicyclic amines) is 3. The summed E-state index contributed by atoms with van der Waals surface area (Å²) in [4.78, 5) is 95.0. The molecule has 384 valence electrons. The number of imide groups is 1. The number of nitrogens with one attached hydrogen (secondary N) is 2. The van der Waals surface area contributed by atoms with Crippen LogP contribution in [0.1, 0.15) is 147 Å². The van der Waals surface area contributed by atoms with Crippen LogP contribution in [-0.2, 0) is 29.4 Å². The van der Waals surface area contributed by atoms with Gasteiger partial charge in [0.2, 0.25) is 29.5 Å². The molecular weight excluding hydrogens is 919 g/mol. The highest BCUT2D eigenvalue weighted by molar-refractivity contribution is 6.10. The summed E-state index contributed by atoms with van der Waals surface area (Å²) >= 11 is 0. The fourth-order valence-corrected chi connectivity index (χ4v) is 14.7. The number of piperidine rings is 5. The molecule has 3 saturated carbocycles. The molecule has 4 aromatic rings. The van der Waals surface area contributed by atoms with Gasteiger partial charge in [0, 0.05) is 92.2 Å². The minimum atomic E-state index is -0.702. The van der Waals surface area contributed by atoms with Gasteiger partial charge in [0.1, 0.15) is 11.3 Å². The van der Waals surface area contributed by atoms with Crippen LogP contribution < -0.4 is 20.4 Å². The van der Waals surface area contributed by atoms with E-state index in [1.54, 1.807) is 6.20 Å². The first kappa shape index (κ1) is 46.9. The summed E-state index contributed by atoms with van der Waals surface area (Å²) in [6, 6.07) is 13.9. The number of fused-ring (bicyclic) bond motifs is 5. The third-order valence-corrected chi connectivity index (χ3v) is 19.3. The number of carbonyl (C=O) groups excluding carboxylic acids is 5. The maximum absolute atomic E-state index is 15.4. The van der Waals surface area contributed by atoms with Gasteiger partial charge in [0.15, 0.2) is 5.82 Å². The molecule has 3 atom stereocenters. The Morgan fingerprint density at radius 2 is 1.62 bits per heavy atom. The molecule has 9 heterocycles. The van der Waals surface area contributed by atoms with Crippen molar-refractivity contribution in [2.75, 3.05) is 60.9 Å². The quantitative estimate of drug-likeness (QED) is 0.156. The molecule has 5 saturated heterocycles. The van der Waals surface area contributed by atoms with Gasteiger partial charge >= 0.3 is 0 Å². The number of hydrogen-bond donors (Lipinski definition) is 2. The van der Waals surface area contributed by atoms with E-state index in [-0.39, 0.29) is 59.0 Å². The first-order valence-electron chi connectivity index (χ1n) is 27.8. The molecule has 6 aliphatic heterocycles. The number of carbonyl (C=O) groups is 5. The molecule has 1 aromatic carbocycles. The number of hydrogen-bond acceptors (Lipinski definition) is 11. The maximum Gasteiger partial charge on any atom is 0.238 e. The number of amides is 5. The number of nitrogens with zero attached hydrogens (tertiary/aromatic N) is 9. The molecule has 1 spiro atoms. The molecule has 0 radical (unpaired) electrons. The van der Waals surface area contributed by atoms with E-state index in [4.69, 9.17) is 15.0 Å². The van der Waals surface area contributed by atoms with E-state index in [0.29, 0.717) is 89.8 Å². The van der Waals surface area contributed by atoms with Gasteiger partial charge < -0.3 is 34.4 Å². The van der Waals surface area contributed by atoms with Crippen molar-refractivity contribution >= 4 is 57.9 Å². The van der Waals surface area contributed by atoms with Gasteiger partial charge in [-0.25, -0.2) is 15.0 Å². The van der Waals surface area contributed by atoms with E-state index < -0.39 is 10.8 Å². The van der Waals surface area contributed by atoms with Crippen LogP contribution in [-0.4, -0.2) is 133 Å². The largest absolute Gasteiger partial charge is 0.366 e. The van der Waals surface area contributed by atoms with Gasteiger partial charge in [-0.05, 0) is 153 Å². The molecule has 2 bridgehead atoms. The standard InChI is InChI=1S/C57H71N11O5/c1-35(2)66-34-59-45-30-44(61-50(49(45)66)60-39-9-10-39)37-7-12-43-46(27-37)68(41-28-40(29-41)63-21-5-4-6-22-63)54(73)57(43)19-25-65(26-20-57)53(72)56-18-17-55(3,32-56)67(33-56)52(71)36-15-23-64(24-16-36)47-13-8-38(31-58-47)42-11-14-48(69)62-51(42)70/h7-8,12-13,27,30-31,34-36,39-42H,4-6,9-11,14-26,28-29,32-33H2,1-3H3,(H,60,61)(H,62,69,70)/t40-,41+,42?,55?,56?. The Labute approximate surface area is 428 Å². The highest BCUT2D eigenvalue weighted by Gasteiger charge is 2.64. The van der Waals surface area contributed by atoms with Crippen LogP contribution in [0.2, 0.25) is 0 Å². The third kappa shape index (κ3) is 7.84. The molecule has 3 aromatic heterocycles. The van der Waals surface area contributed by atoms with Crippen molar-refractivity contribution in [2.24, 2.45) is 11.3 Å². The Kier molecular flexibility index (Phi) is 11.3. The minimum absolute atomic E-state index is 0.122. The minimum Gasteiger partial charge on any atom is -0.366 e. The van der Waals surface area contributed by atoms with Crippen LogP contribution in [0.3, 0.4) is 0 Å². The first-order valence-corrected chi connectivity index (χ1v) is 27.8. The lowest BCUT2D eigenvalue weighted by atomic mass is 9.72. The van der Waals surface area contributed by atoms with Crippen LogP contribution in [0.15, 0.2) is 48.9 Å². The van der Waals surface area contributed by atoms with Gasteiger partial charge in [-0.15, -0.1) is 0 Å². The summed E-state index contributed by atoms with van der Waals surface area (Å²) in [5, 5.41) is 6.15.